The van der Waals surface area contributed by atoms with Crippen molar-refractivity contribution in [3.63, 3.8) is 0 Å². The molecule has 0 nitrogen and oxygen atoms in total. The molecule has 0 heterocycles. The van der Waals surface area contributed by atoms with E-state index in [1.807, 2.05) is 0 Å². The molecule has 0 N–H and O–H groups in total. The second-order valence-corrected chi connectivity index (χ2v) is 6.13. The Kier molecular flexibility index (Phi) is 5.15. The van der Waals surface area contributed by atoms with Crippen LogP contribution in [0.1, 0.15) is 66.7 Å². The molecule has 0 aromatic carbocycles. The molecule has 90 valence electrons. The number of rotatable bonds is 7. The zero-order valence-corrected chi connectivity index (χ0v) is 11.4. The van der Waals surface area contributed by atoms with Crippen LogP contribution < -0.4 is 0 Å². The highest BCUT2D eigenvalue weighted by Crippen LogP contribution is 2.49. The minimum atomic E-state index is 0.879. The lowest BCUT2D eigenvalue weighted by Gasteiger charge is -2.28. The largest absolute Gasteiger partial charge is 0.0654 e. The molecule has 15 heavy (non-hydrogen) atoms. The normalized spacial score (nSPS) is 29.2. The van der Waals surface area contributed by atoms with E-state index in [4.69, 9.17) is 0 Å². The van der Waals surface area contributed by atoms with E-state index < -0.39 is 0 Å². The standard InChI is InChI=1S/C15H30/c1-6-8-13(9-11(3)4)14(7-2)15-10-12(15)5/h11-15H,6-10H2,1-5H3. The van der Waals surface area contributed by atoms with Crippen molar-refractivity contribution in [2.24, 2.45) is 29.6 Å². The van der Waals surface area contributed by atoms with Crippen LogP contribution >= 0.6 is 0 Å². The number of hydrogen-bond acceptors (Lipinski definition) is 0. The quantitative estimate of drug-likeness (QED) is 0.546. The van der Waals surface area contributed by atoms with Gasteiger partial charge < -0.3 is 0 Å². The third-order valence-corrected chi connectivity index (χ3v) is 4.23. The van der Waals surface area contributed by atoms with Gasteiger partial charge in [0.1, 0.15) is 0 Å². The second kappa shape index (κ2) is 5.92. The number of hydrogen-bond donors (Lipinski definition) is 0. The summed E-state index contributed by atoms with van der Waals surface area (Å²) in [4.78, 5) is 0. The zero-order valence-electron chi connectivity index (χ0n) is 11.4. The van der Waals surface area contributed by atoms with E-state index in [1.165, 1.54) is 32.1 Å². The molecule has 0 heteroatoms. The summed E-state index contributed by atoms with van der Waals surface area (Å²) in [5.41, 5.74) is 0. The van der Waals surface area contributed by atoms with Crippen LogP contribution in [0.5, 0.6) is 0 Å². The van der Waals surface area contributed by atoms with Gasteiger partial charge in [-0.1, -0.05) is 53.9 Å². The summed E-state index contributed by atoms with van der Waals surface area (Å²) in [6.45, 7) is 11.9. The maximum atomic E-state index is 2.44. The van der Waals surface area contributed by atoms with Crippen LogP contribution in [0.15, 0.2) is 0 Å². The molecule has 0 saturated heterocycles. The Bertz CT molecular complexity index is 171. The zero-order chi connectivity index (χ0) is 11.4. The summed E-state index contributed by atoms with van der Waals surface area (Å²) < 4.78 is 0. The Morgan fingerprint density at radius 3 is 2.13 bits per heavy atom. The Morgan fingerprint density at radius 1 is 1.20 bits per heavy atom. The lowest BCUT2D eigenvalue weighted by Crippen LogP contribution is -2.19. The van der Waals surface area contributed by atoms with Gasteiger partial charge in [-0.15, -0.1) is 0 Å². The van der Waals surface area contributed by atoms with Gasteiger partial charge in [0, 0.05) is 0 Å². The molecule has 1 saturated carbocycles. The molecule has 1 aliphatic carbocycles. The predicted molar refractivity (Wildman–Crippen MR) is 68.9 cm³/mol. The van der Waals surface area contributed by atoms with Crippen LogP contribution in [0.3, 0.4) is 0 Å². The lowest BCUT2D eigenvalue weighted by molar-refractivity contribution is 0.223. The summed E-state index contributed by atoms with van der Waals surface area (Å²) in [5, 5.41) is 0. The molecule has 0 aliphatic heterocycles. The van der Waals surface area contributed by atoms with Crippen LogP contribution in [-0.2, 0) is 0 Å². The van der Waals surface area contributed by atoms with Gasteiger partial charge in [0.05, 0.1) is 0 Å². The molecule has 0 bridgehead atoms. The van der Waals surface area contributed by atoms with Crippen LogP contribution in [0.25, 0.3) is 0 Å². The molecule has 0 spiro atoms. The topological polar surface area (TPSA) is 0 Å². The first-order valence-corrected chi connectivity index (χ1v) is 7.10. The van der Waals surface area contributed by atoms with Crippen molar-refractivity contribution in [1.29, 1.82) is 0 Å². The molecule has 0 radical (unpaired) electrons. The highest BCUT2D eigenvalue weighted by Gasteiger charge is 2.41. The Labute approximate surface area is 96.8 Å². The van der Waals surface area contributed by atoms with Gasteiger partial charge in [0.15, 0.2) is 0 Å². The molecule has 0 aromatic rings. The monoisotopic (exact) mass is 210 g/mol. The summed E-state index contributed by atoms with van der Waals surface area (Å²) in [5.74, 6) is 5.02. The van der Waals surface area contributed by atoms with Crippen molar-refractivity contribution in [3.05, 3.63) is 0 Å². The molecule has 1 rings (SSSR count). The predicted octanol–water partition coefficient (Wildman–Crippen LogP) is 5.13. The highest BCUT2D eigenvalue weighted by atomic mass is 14.5. The summed E-state index contributed by atoms with van der Waals surface area (Å²) in [6, 6.07) is 0. The van der Waals surface area contributed by atoms with Crippen molar-refractivity contribution >= 4 is 0 Å². The van der Waals surface area contributed by atoms with Crippen molar-refractivity contribution in [3.8, 4) is 0 Å². The van der Waals surface area contributed by atoms with E-state index in [1.54, 1.807) is 0 Å². The molecular formula is C15H30. The summed E-state index contributed by atoms with van der Waals surface area (Å²) >= 11 is 0. The minimum Gasteiger partial charge on any atom is -0.0654 e. The van der Waals surface area contributed by atoms with Crippen LogP contribution in [0.2, 0.25) is 0 Å². The maximum absolute atomic E-state index is 2.44. The van der Waals surface area contributed by atoms with E-state index in [0.29, 0.717) is 0 Å². The molecule has 1 aliphatic rings. The SMILES string of the molecule is CCCC(CC(C)C)C(CC)C1CC1C. The first-order valence-electron chi connectivity index (χ1n) is 7.10. The van der Waals surface area contributed by atoms with Gasteiger partial charge in [-0.3, -0.25) is 0 Å². The average molecular weight is 210 g/mol. The van der Waals surface area contributed by atoms with Crippen LogP contribution in [0.4, 0.5) is 0 Å². The van der Waals surface area contributed by atoms with Crippen LogP contribution in [-0.4, -0.2) is 0 Å². The summed E-state index contributed by atoms with van der Waals surface area (Å²) in [6.07, 6.45) is 7.20. The fraction of sp³-hybridized carbons (Fsp3) is 1.00. The van der Waals surface area contributed by atoms with Gasteiger partial charge in [-0.2, -0.15) is 0 Å². The van der Waals surface area contributed by atoms with Gasteiger partial charge >= 0.3 is 0 Å². The van der Waals surface area contributed by atoms with E-state index in [2.05, 4.69) is 34.6 Å². The van der Waals surface area contributed by atoms with E-state index in [9.17, 15) is 0 Å². The van der Waals surface area contributed by atoms with E-state index in [-0.39, 0.29) is 0 Å². The fourth-order valence-electron chi connectivity index (χ4n) is 3.42. The lowest BCUT2D eigenvalue weighted by atomic mass is 9.78. The first kappa shape index (κ1) is 13.1. The van der Waals surface area contributed by atoms with Gasteiger partial charge in [-0.25, -0.2) is 0 Å². The molecule has 4 unspecified atom stereocenters. The van der Waals surface area contributed by atoms with Gasteiger partial charge in [0.2, 0.25) is 0 Å². The fourth-order valence-corrected chi connectivity index (χ4v) is 3.42. The van der Waals surface area contributed by atoms with Crippen LogP contribution in [0, 0.1) is 29.6 Å². The molecule has 0 aromatic heterocycles. The highest BCUT2D eigenvalue weighted by molar-refractivity contribution is 4.90. The van der Waals surface area contributed by atoms with Crippen molar-refractivity contribution in [2.75, 3.05) is 0 Å². The van der Waals surface area contributed by atoms with Crippen molar-refractivity contribution in [1.82, 2.24) is 0 Å². The molecule has 1 fully saturated rings. The Morgan fingerprint density at radius 2 is 1.80 bits per heavy atom. The van der Waals surface area contributed by atoms with Gasteiger partial charge in [-0.05, 0) is 42.4 Å². The Balaban J connectivity index is 2.50. The summed E-state index contributed by atoms with van der Waals surface area (Å²) in [7, 11) is 0. The smallest absolute Gasteiger partial charge is 0.0355 e. The van der Waals surface area contributed by atoms with E-state index in [0.717, 1.165) is 29.6 Å². The Hall–Kier alpha value is 0. The van der Waals surface area contributed by atoms with E-state index >= 15 is 0 Å². The second-order valence-electron chi connectivity index (χ2n) is 6.13. The molecular weight excluding hydrogens is 180 g/mol. The third kappa shape index (κ3) is 3.81. The minimum absolute atomic E-state index is 0.879. The molecule has 0 amide bonds. The third-order valence-electron chi connectivity index (χ3n) is 4.23. The first-order chi connectivity index (χ1) is 7.10. The average Bonchev–Trinajstić information content (AvgIpc) is 2.83. The van der Waals surface area contributed by atoms with Gasteiger partial charge in [0.25, 0.3) is 0 Å². The maximum Gasteiger partial charge on any atom is -0.0355 e. The van der Waals surface area contributed by atoms with Crippen molar-refractivity contribution < 1.29 is 0 Å². The van der Waals surface area contributed by atoms with Crippen molar-refractivity contribution in [2.45, 2.75) is 66.7 Å². The molecule has 4 atom stereocenters.